The van der Waals surface area contributed by atoms with Crippen LogP contribution in [0.2, 0.25) is 5.02 Å². The molecule has 0 bridgehead atoms. The highest BCUT2D eigenvalue weighted by atomic mass is 35.5. The molecule has 0 aromatic heterocycles. The quantitative estimate of drug-likeness (QED) is 0.601. The molecule has 0 amide bonds. The van der Waals surface area contributed by atoms with Gasteiger partial charge in [-0.25, -0.2) is 0 Å². The van der Waals surface area contributed by atoms with Crippen LogP contribution in [0.15, 0.2) is 36.4 Å². The van der Waals surface area contributed by atoms with Crippen molar-refractivity contribution in [3.05, 3.63) is 63.7 Å². The van der Waals surface area contributed by atoms with Gasteiger partial charge in [0.05, 0.1) is 13.2 Å². The smallest absolute Gasteiger partial charge is 0.122 e. The highest BCUT2D eigenvalue weighted by molar-refractivity contribution is 6.31. The minimum Gasteiger partial charge on any atom is -0.493 e. The summed E-state index contributed by atoms with van der Waals surface area (Å²) >= 11 is 6.41. The van der Waals surface area contributed by atoms with E-state index in [-0.39, 0.29) is 0 Å². The fourth-order valence-corrected chi connectivity index (χ4v) is 4.18. The molecule has 2 aromatic rings. The van der Waals surface area contributed by atoms with E-state index in [0.717, 1.165) is 36.3 Å². The molecule has 0 aliphatic carbocycles. The molecule has 6 nitrogen and oxygen atoms in total. The van der Waals surface area contributed by atoms with E-state index >= 15 is 0 Å². The molecule has 29 heavy (non-hydrogen) atoms. The van der Waals surface area contributed by atoms with E-state index in [1.165, 1.54) is 5.56 Å². The Labute approximate surface area is 174 Å². The van der Waals surface area contributed by atoms with Gasteiger partial charge in [0.1, 0.15) is 36.3 Å². The lowest BCUT2D eigenvalue weighted by molar-refractivity contribution is -0.231. The summed E-state index contributed by atoms with van der Waals surface area (Å²) in [5, 5.41) is 40.4. The van der Waals surface area contributed by atoms with Gasteiger partial charge in [0, 0.05) is 5.02 Å². The maximum atomic E-state index is 10.4. The number of hydrogen-bond donors (Lipinski definition) is 4. The lowest BCUT2D eigenvalue weighted by Gasteiger charge is -2.40. The highest BCUT2D eigenvalue weighted by Crippen LogP contribution is 2.35. The summed E-state index contributed by atoms with van der Waals surface area (Å²) in [4.78, 5) is 0. The van der Waals surface area contributed by atoms with Crippen molar-refractivity contribution in [3.8, 4) is 5.75 Å². The first-order valence-corrected chi connectivity index (χ1v) is 10.2. The topological polar surface area (TPSA) is 99.4 Å². The van der Waals surface area contributed by atoms with Crippen molar-refractivity contribution in [3.63, 3.8) is 0 Å². The molecule has 5 atom stereocenters. The Morgan fingerprint density at radius 1 is 1.00 bits per heavy atom. The van der Waals surface area contributed by atoms with Crippen LogP contribution in [-0.2, 0) is 17.6 Å². The number of rotatable bonds is 4. The summed E-state index contributed by atoms with van der Waals surface area (Å²) in [5.74, 6) is 0.912. The third-order valence-electron chi connectivity index (χ3n) is 5.66. The van der Waals surface area contributed by atoms with Gasteiger partial charge in [-0.1, -0.05) is 35.9 Å². The van der Waals surface area contributed by atoms with E-state index in [4.69, 9.17) is 21.1 Å². The van der Waals surface area contributed by atoms with Crippen LogP contribution >= 0.6 is 11.6 Å². The number of benzene rings is 2. The van der Waals surface area contributed by atoms with E-state index in [0.29, 0.717) is 17.0 Å². The summed E-state index contributed by atoms with van der Waals surface area (Å²) in [6.45, 7) is 0.265. The first kappa shape index (κ1) is 20.6. The van der Waals surface area contributed by atoms with Crippen molar-refractivity contribution in [2.45, 2.75) is 49.8 Å². The van der Waals surface area contributed by atoms with Crippen molar-refractivity contribution >= 4 is 11.6 Å². The van der Waals surface area contributed by atoms with Gasteiger partial charge >= 0.3 is 0 Å². The molecule has 1 fully saturated rings. The molecule has 2 aliphatic rings. The number of ether oxygens (including phenoxy) is 2. The summed E-state index contributed by atoms with van der Waals surface area (Å²) in [7, 11) is 0. The summed E-state index contributed by atoms with van der Waals surface area (Å²) < 4.78 is 11.4. The van der Waals surface area contributed by atoms with Crippen LogP contribution in [0.5, 0.6) is 5.75 Å². The van der Waals surface area contributed by atoms with E-state index in [9.17, 15) is 20.4 Å². The van der Waals surface area contributed by atoms with Crippen LogP contribution < -0.4 is 4.74 Å². The standard InChI is InChI=1S/C22H25ClO6/c23-16-6-5-14(22-21(27)20(26)19(25)18(11-24)29-22)10-15(16)8-12-3-4-13-2-1-7-28-17(13)9-12/h3-6,9-10,18-22,24-27H,1-2,7-8,11H2/t18-,19-,20+,21-,22+/m1/s1. The van der Waals surface area contributed by atoms with E-state index in [1.54, 1.807) is 12.1 Å². The zero-order chi connectivity index (χ0) is 20.5. The maximum absolute atomic E-state index is 10.4. The number of aryl methyl sites for hydroxylation is 1. The van der Waals surface area contributed by atoms with Crippen LogP contribution in [0.3, 0.4) is 0 Å². The first-order chi connectivity index (χ1) is 14.0. The molecular formula is C22H25ClO6. The Bertz CT molecular complexity index is 870. The predicted molar refractivity (Wildman–Crippen MR) is 107 cm³/mol. The molecule has 0 saturated carbocycles. The van der Waals surface area contributed by atoms with Crippen LogP contribution in [0.4, 0.5) is 0 Å². The van der Waals surface area contributed by atoms with Gasteiger partial charge in [0.2, 0.25) is 0 Å². The molecule has 156 valence electrons. The summed E-state index contributed by atoms with van der Waals surface area (Å²) in [5.41, 5.74) is 3.73. The molecule has 4 N–H and O–H groups in total. The van der Waals surface area contributed by atoms with Gasteiger partial charge in [0.15, 0.2) is 0 Å². The minimum absolute atomic E-state index is 0.461. The minimum atomic E-state index is -1.41. The number of aliphatic hydroxyl groups excluding tert-OH is 4. The van der Waals surface area contributed by atoms with E-state index < -0.39 is 37.1 Å². The van der Waals surface area contributed by atoms with Gasteiger partial charge in [-0.2, -0.15) is 0 Å². The van der Waals surface area contributed by atoms with Crippen molar-refractivity contribution in [2.24, 2.45) is 0 Å². The van der Waals surface area contributed by atoms with Gasteiger partial charge in [0.25, 0.3) is 0 Å². The molecule has 2 aliphatic heterocycles. The Balaban J connectivity index is 1.59. The number of fused-ring (bicyclic) bond motifs is 1. The van der Waals surface area contributed by atoms with Crippen LogP contribution in [0, 0.1) is 0 Å². The van der Waals surface area contributed by atoms with Crippen molar-refractivity contribution in [2.75, 3.05) is 13.2 Å². The average molecular weight is 421 g/mol. The van der Waals surface area contributed by atoms with Crippen molar-refractivity contribution < 1.29 is 29.9 Å². The Hall–Kier alpha value is -1.67. The second kappa shape index (κ2) is 8.60. The first-order valence-electron chi connectivity index (χ1n) is 9.81. The molecule has 2 heterocycles. The zero-order valence-electron chi connectivity index (χ0n) is 15.9. The lowest BCUT2D eigenvalue weighted by atomic mass is 9.90. The van der Waals surface area contributed by atoms with Gasteiger partial charge in [-0.3, -0.25) is 0 Å². The maximum Gasteiger partial charge on any atom is 0.122 e. The average Bonchev–Trinajstić information content (AvgIpc) is 2.74. The Morgan fingerprint density at radius 3 is 2.62 bits per heavy atom. The lowest BCUT2D eigenvalue weighted by Crippen LogP contribution is -2.55. The normalized spacial score (nSPS) is 29.2. The zero-order valence-corrected chi connectivity index (χ0v) is 16.6. The third kappa shape index (κ3) is 4.14. The molecule has 2 aromatic carbocycles. The van der Waals surface area contributed by atoms with Gasteiger partial charge < -0.3 is 29.9 Å². The summed E-state index contributed by atoms with van der Waals surface area (Å²) in [6.07, 6.45) is -3.33. The summed E-state index contributed by atoms with van der Waals surface area (Å²) in [6, 6.07) is 11.4. The fourth-order valence-electron chi connectivity index (χ4n) is 4.00. The Morgan fingerprint density at radius 2 is 1.83 bits per heavy atom. The van der Waals surface area contributed by atoms with Gasteiger partial charge in [-0.05, 0) is 53.6 Å². The van der Waals surface area contributed by atoms with Crippen molar-refractivity contribution in [1.29, 1.82) is 0 Å². The second-order valence-electron chi connectivity index (χ2n) is 7.67. The third-order valence-corrected chi connectivity index (χ3v) is 6.03. The second-order valence-corrected chi connectivity index (χ2v) is 8.08. The van der Waals surface area contributed by atoms with Gasteiger partial charge in [-0.15, -0.1) is 0 Å². The molecule has 0 radical (unpaired) electrons. The number of aliphatic hydroxyl groups is 4. The molecule has 0 spiro atoms. The van der Waals surface area contributed by atoms with Crippen LogP contribution in [0.1, 0.15) is 34.8 Å². The monoisotopic (exact) mass is 420 g/mol. The highest BCUT2D eigenvalue weighted by Gasteiger charge is 2.44. The Kier molecular flexibility index (Phi) is 6.11. The van der Waals surface area contributed by atoms with Crippen molar-refractivity contribution in [1.82, 2.24) is 0 Å². The molecule has 7 heteroatoms. The molecule has 4 rings (SSSR count). The largest absolute Gasteiger partial charge is 0.493 e. The van der Waals surface area contributed by atoms with Crippen LogP contribution in [-0.4, -0.2) is 58.1 Å². The number of halogens is 1. The SMILES string of the molecule is OC[C@H]1O[C@@H](c2ccc(Cl)c(Cc3ccc4c(c3)OCCC4)c2)[C@H](O)[C@@H](O)[C@@H]1O. The van der Waals surface area contributed by atoms with E-state index in [2.05, 4.69) is 12.1 Å². The molecular weight excluding hydrogens is 396 g/mol. The fraction of sp³-hybridized carbons (Fsp3) is 0.455. The predicted octanol–water partition coefficient (Wildman–Crippen LogP) is 1.77. The molecule has 1 saturated heterocycles. The molecule has 0 unspecified atom stereocenters. The van der Waals surface area contributed by atoms with Crippen LogP contribution in [0.25, 0.3) is 0 Å². The van der Waals surface area contributed by atoms with E-state index in [1.807, 2.05) is 12.1 Å². The number of hydrogen-bond acceptors (Lipinski definition) is 6.